The minimum Gasteiger partial charge on any atom is -0.343 e. The molecule has 1 fully saturated rings. The van der Waals surface area contributed by atoms with Crippen LogP contribution >= 0.6 is 15.9 Å². The first-order valence-electron chi connectivity index (χ1n) is 7.23. The summed E-state index contributed by atoms with van der Waals surface area (Å²) in [5.74, 6) is 0.298. The molecule has 4 nitrogen and oxygen atoms in total. The van der Waals surface area contributed by atoms with Gasteiger partial charge in [0.05, 0.1) is 0 Å². The molecule has 1 heterocycles. The fourth-order valence-corrected chi connectivity index (χ4v) is 3.01. The Balaban J connectivity index is 2.18. The smallest absolute Gasteiger partial charge is 0.246 e. The highest BCUT2D eigenvalue weighted by Crippen LogP contribution is 2.20. The zero-order valence-electron chi connectivity index (χ0n) is 12.6. The molecule has 1 aliphatic rings. The maximum Gasteiger partial charge on any atom is 0.246 e. The molecule has 0 aromatic heterocycles. The lowest BCUT2D eigenvalue weighted by Crippen LogP contribution is -2.62. The van der Waals surface area contributed by atoms with Gasteiger partial charge in [0.1, 0.15) is 12.1 Å². The zero-order valence-corrected chi connectivity index (χ0v) is 14.2. The molecule has 0 bridgehead atoms. The Morgan fingerprint density at radius 1 is 1.33 bits per heavy atom. The third-order valence-electron chi connectivity index (χ3n) is 3.69. The van der Waals surface area contributed by atoms with Gasteiger partial charge in [-0.15, -0.1) is 0 Å². The zero-order chi connectivity index (χ0) is 15.6. The average molecular weight is 353 g/mol. The maximum absolute atomic E-state index is 12.6. The van der Waals surface area contributed by atoms with Crippen LogP contribution in [0.3, 0.4) is 0 Å². The topological polar surface area (TPSA) is 49.4 Å². The summed E-state index contributed by atoms with van der Waals surface area (Å²) in [5.41, 5.74) is 1.02. The minimum absolute atomic E-state index is 0.00998. The molecular formula is C16H21BrN2O2. The second-order valence-corrected chi connectivity index (χ2v) is 6.88. The van der Waals surface area contributed by atoms with Crippen molar-refractivity contribution in [1.82, 2.24) is 10.2 Å². The average Bonchev–Trinajstić information content (AvgIpc) is 2.40. The first-order chi connectivity index (χ1) is 9.88. The van der Waals surface area contributed by atoms with Gasteiger partial charge < -0.3 is 10.2 Å². The van der Waals surface area contributed by atoms with Crippen LogP contribution in [0.4, 0.5) is 0 Å². The number of halogens is 1. The van der Waals surface area contributed by atoms with Gasteiger partial charge in [-0.1, -0.05) is 41.9 Å². The molecule has 21 heavy (non-hydrogen) atoms. The molecule has 114 valence electrons. The van der Waals surface area contributed by atoms with E-state index in [2.05, 4.69) is 35.1 Å². The van der Waals surface area contributed by atoms with Crippen LogP contribution in [0.15, 0.2) is 28.7 Å². The summed E-state index contributed by atoms with van der Waals surface area (Å²) in [6.45, 7) is 6.34. The number of nitrogens with zero attached hydrogens (tertiary/aromatic N) is 1. The van der Waals surface area contributed by atoms with E-state index in [0.29, 0.717) is 18.9 Å². The first-order valence-corrected chi connectivity index (χ1v) is 8.03. The van der Waals surface area contributed by atoms with Gasteiger partial charge in [-0.3, -0.25) is 9.59 Å². The number of benzene rings is 1. The van der Waals surface area contributed by atoms with Crippen LogP contribution in [0.2, 0.25) is 0 Å². The van der Waals surface area contributed by atoms with Crippen molar-refractivity contribution in [1.29, 1.82) is 0 Å². The maximum atomic E-state index is 12.6. The monoisotopic (exact) mass is 352 g/mol. The van der Waals surface area contributed by atoms with Crippen LogP contribution in [0, 0.1) is 5.92 Å². The molecule has 1 N–H and O–H groups in total. The van der Waals surface area contributed by atoms with Crippen molar-refractivity contribution in [3.8, 4) is 0 Å². The van der Waals surface area contributed by atoms with Crippen LogP contribution in [-0.2, 0) is 16.1 Å². The molecule has 5 heteroatoms. The van der Waals surface area contributed by atoms with Gasteiger partial charge in [-0.05, 0) is 37.0 Å². The van der Waals surface area contributed by atoms with E-state index in [4.69, 9.17) is 0 Å². The standard InChI is InChI=1S/C16H21BrN2O2/c1-10(2)7-14-16(21)19(11(3)15(20)18-14)9-12-5-4-6-13(17)8-12/h4-6,8,10-11,14H,7,9H2,1-3H3,(H,18,20). The van der Waals surface area contributed by atoms with E-state index in [1.165, 1.54) is 0 Å². The number of piperazine rings is 1. The lowest BCUT2D eigenvalue weighted by Gasteiger charge is -2.38. The molecule has 2 rings (SSSR count). The molecule has 1 aromatic rings. The Bertz CT molecular complexity index is 545. The van der Waals surface area contributed by atoms with Crippen LogP contribution in [0.5, 0.6) is 0 Å². The predicted molar refractivity (Wildman–Crippen MR) is 85.5 cm³/mol. The van der Waals surface area contributed by atoms with Gasteiger partial charge in [0.25, 0.3) is 0 Å². The molecule has 0 aliphatic carbocycles. The molecule has 1 saturated heterocycles. The number of hydrogen-bond donors (Lipinski definition) is 1. The number of rotatable bonds is 4. The Hall–Kier alpha value is -1.36. The summed E-state index contributed by atoms with van der Waals surface area (Å²) in [5, 5.41) is 2.83. The van der Waals surface area contributed by atoms with Gasteiger partial charge in [0.15, 0.2) is 0 Å². The van der Waals surface area contributed by atoms with Crippen molar-refractivity contribution in [3.05, 3.63) is 34.3 Å². The highest BCUT2D eigenvalue weighted by atomic mass is 79.9. The molecular weight excluding hydrogens is 332 g/mol. The van der Waals surface area contributed by atoms with Gasteiger partial charge in [-0.2, -0.15) is 0 Å². The highest BCUT2D eigenvalue weighted by Gasteiger charge is 2.37. The van der Waals surface area contributed by atoms with Gasteiger partial charge in [0.2, 0.25) is 11.8 Å². The van der Waals surface area contributed by atoms with E-state index in [0.717, 1.165) is 10.0 Å². The van der Waals surface area contributed by atoms with Crippen LogP contribution < -0.4 is 5.32 Å². The summed E-state index contributed by atoms with van der Waals surface area (Å²) in [6.07, 6.45) is 0.673. The normalized spacial score (nSPS) is 22.6. The van der Waals surface area contributed by atoms with Crippen LogP contribution in [-0.4, -0.2) is 28.8 Å². The van der Waals surface area contributed by atoms with Crippen molar-refractivity contribution in [3.63, 3.8) is 0 Å². The Labute approximate surface area is 134 Å². The van der Waals surface area contributed by atoms with E-state index in [1.54, 1.807) is 11.8 Å². The van der Waals surface area contributed by atoms with Crippen LogP contribution in [0.1, 0.15) is 32.8 Å². The fraction of sp³-hybridized carbons (Fsp3) is 0.500. The van der Waals surface area contributed by atoms with E-state index in [-0.39, 0.29) is 11.8 Å². The first kappa shape index (κ1) is 16.0. The summed E-state index contributed by atoms with van der Waals surface area (Å²) < 4.78 is 0.972. The van der Waals surface area contributed by atoms with Crippen LogP contribution in [0.25, 0.3) is 0 Å². The quantitative estimate of drug-likeness (QED) is 0.905. The lowest BCUT2D eigenvalue weighted by molar-refractivity contribution is -0.149. The molecule has 1 aliphatic heterocycles. The molecule has 0 radical (unpaired) electrons. The van der Waals surface area contributed by atoms with E-state index in [9.17, 15) is 9.59 Å². The molecule has 2 amide bonds. The molecule has 1 aromatic carbocycles. The number of nitrogens with one attached hydrogen (secondary N) is 1. The van der Waals surface area contributed by atoms with Crippen molar-refractivity contribution in [2.75, 3.05) is 0 Å². The number of hydrogen-bond acceptors (Lipinski definition) is 2. The van der Waals surface area contributed by atoms with Gasteiger partial charge >= 0.3 is 0 Å². The summed E-state index contributed by atoms with van der Waals surface area (Å²) in [4.78, 5) is 26.4. The highest BCUT2D eigenvalue weighted by molar-refractivity contribution is 9.10. The second kappa shape index (κ2) is 6.60. The summed E-state index contributed by atoms with van der Waals surface area (Å²) in [6, 6.07) is 6.99. The third kappa shape index (κ3) is 3.84. The van der Waals surface area contributed by atoms with Crippen molar-refractivity contribution in [2.24, 2.45) is 5.92 Å². The molecule has 0 spiro atoms. The van der Waals surface area contributed by atoms with Gasteiger partial charge in [-0.25, -0.2) is 0 Å². The van der Waals surface area contributed by atoms with Gasteiger partial charge in [0, 0.05) is 11.0 Å². The summed E-state index contributed by atoms with van der Waals surface area (Å²) >= 11 is 3.43. The SMILES string of the molecule is CC(C)CC1NC(=O)C(C)N(Cc2cccc(Br)c2)C1=O. The van der Waals surface area contributed by atoms with Crippen molar-refractivity contribution in [2.45, 2.75) is 45.8 Å². The number of carbonyl (C=O) groups excluding carboxylic acids is 2. The van der Waals surface area contributed by atoms with Crippen molar-refractivity contribution < 1.29 is 9.59 Å². The summed E-state index contributed by atoms with van der Waals surface area (Å²) in [7, 11) is 0. The molecule has 2 unspecified atom stereocenters. The Morgan fingerprint density at radius 3 is 2.67 bits per heavy atom. The second-order valence-electron chi connectivity index (χ2n) is 5.96. The lowest BCUT2D eigenvalue weighted by atomic mass is 9.98. The largest absolute Gasteiger partial charge is 0.343 e. The van der Waals surface area contributed by atoms with E-state index in [1.807, 2.05) is 24.3 Å². The van der Waals surface area contributed by atoms with Crippen molar-refractivity contribution >= 4 is 27.7 Å². The third-order valence-corrected chi connectivity index (χ3v) is 4.19. The number of carbonyl (C=O) groups is 2. The number of amides is 2. The fourth-order valence-electron chi connectivity index (χ4n) is 2.56. The minimum atomic E-state index is -0.431. The predicted octanol–water partition coefficient (Wildman–Crippen LogP) is 2.71. The Kier molecular flexibility index (Phi) is 5.04. The molecule has 0 saturated carbocycles. The molecule has 2 atom stereocenters. The van der Waals surface area contributed by atoms with E-state index >= 15 is 0 Å². The van der Waals surface area contributed by atoms with E-state index < -0.39 is 12.1 Å². The Morgan fingerprint density at radius 2 is 2.05 bits per heavy atom.